The second-order valence-corrected chi connectivity index (χ2v) is 6.54. The summed E-state index contributed by atoms with van der Waals surface area (Å²) in [7, 11) is 4.43. The topological polar surface area (TPSA) is 29.3 Å². The SMILES string of the molecule is CCC(C)CC(N)C1(N(C)C)CCC(C)CC1. The molecule has 2 atom stereocenters. The fraction of sp³-hybridized carbons (Fsp3) is 1.00. The Morgan fingerprint density at radius 1 is 1.29 bits per heavy atom. The molecular weight excluding hydrogens is 208 g/mol. The van der Waals surface area contributed by atoms with Crippen molar-refractivity contribution in [2.75, 3.05) is 14.1 Å². The Balaban J connectivity index is 2.70. The van der Waals surface area contributed by atoms with E-state index in [-0.39, 0.29) is 5.54 Å². The van der Waals surface area contributed by atoms with E-state index in [1.54, 1.807) is 0 Å². The number of likely N-dealkylation sites (N-methyl/N-ethyl adjacent to an activating group) is 1. The van der Waals surface area contributed by atoms with Gasteiger partial charge < -0.3 is 10.6 Å². The molecule has 1 rings (SSSR count). The van der Waals surface area contributed by atoms with Crippen LogP contribution in [-0.2, 0) is 0 Å². The van der Waals surface area contributed by atoms with Gasteiger partial charge in [-0.15, -0.1) is 0 Å². The molecule has 0 saturated heterocycles. The van der Waals surface area contributed by atoms with Crippen molar-refractivity contribution in [3.8, 4) is 0 Å². The van der Waals surface area contributed by atoms with Gasteiger partial charge in [-0.3, -0.25) is 0 Å². The molecule has 0 aromatic carbocycles. The Morgan fingerprint density at radius 3 is 2.24 bits per heavy atom. The first kappa shape index (κ1) is 15.0. The highest BCUT2D eigenvalue weighted by atomic mass is 15.2. The van der Waals surface area contributed by atoms with E-state index in [2.05, 4.69) is 39.8 Å². The zero-order valence-electron chi connectivity index (χ0n) is 12.5. The molecule has 0 aromatic rings. The molecule has 1 aliphatic rings. The maximum absolute atomic E-state index is 6.56. The van der Waals surface area contributed by atoms with Gasteiger partial charge in [0.1, 0.15) is 0 Å². The van der Waals surface area contributed by atoms with Crippen LogP contribution in [0.3, 0.4) is 0 Å². The lowest BCUT2D eigenvalue weighted by molar-refractivity contribution is 0.0491. The molecule has 0 heterocycles. The van der Waals surface area contributed by atoms with Crippen molar-refractivity contribution in [3.63, 3.8) is 0 Å². The summed E-state index contributed by atoms with van der Waals surface area (Å²) in [4.78, 5) is 2.41. The molecule has 0 aromatic heterocycles. The van der Waals surface area contributed by atoms with E-state index < -0.39 is 0 Å². The molecule has 0 bridgehead atoms. The Labute approximate surface area is 108 Å². The molecule has 2 nitrogen and oxygen atoms in total. The molecule has 0 aliphatic heterocycles. The van der Waals surface area contributed by atoms with Gasteiger partial charge in [0.15, 0.2) is 0 Å². The summed E-state index contributed by atoms with van der Waals surface area (Å²) >= 11 is 0. The highest BCUT2D eigenvalue weighted by Crippen LogP contribution is 2.38. The van der Waals surface area contributed by atoms with Crippen LogP contribution in [0.15, 0.2) is 0 Å². The lowest BCUT2D eigenvalue weighted by Gasteiger charge is -2.49. The summed E-state index contributed by atoms with van der Waals surface area (Å²) < 4.78 is 0. The smallest absolute Gasteiger partial charge is 0.0354 e. The van der Waals surface area contributed by atoms with Crippen molar-refractivity contribution in [2.45, 2.75) is 70.9 Å². The first-order valence-corrected chi connectivity index (χ1v) is 7.35. The van der Waals surface area contributed by atoms with Gasteiger partial charge in [-0.05, 0) is 58.0 Å². The summed E-state index contributed by atoms with van der Waals surface area (Å²) in [6, 6.07) is 0.333. The van der Waals surface area contributed by atoms with Gasteiger partial charge in [-0.25, -0.2) is 0 Å². The third-order valence-corrected chi connectivity index (χ3v) is 5.07. The van der Waals surface area contributed by atoms with Crippen molar-refractivity contribution < 1.29 is 0 Å². The fourth-order valence-electron chi connectivity index (χ4n) is 3.23. The first-order valence-electron chi connectivity index (χ1n) is 7.35. The van der Waals surface area contributed by atoms with Crippen LogP contribution in [0, 0.1) is 11.8 Å². The van der Waals surface area contributed by atoms with Crippen LogP contribution >= 0.6 is 0 Å². The summed E-state index contributed by atoms with van der Waals surface area (Å²) in [6.07, 6.45) is 7.65. The minimum absolute atomic E-state index is 0.260. The van der Waals surface area contributed by atoms with E-state index in [9.17, 15) is 0 Å². The van der Waals surface area contributed by atoms with Crippen molar-refractivity contribution in [1.29, 1.82) is 0 Å². The maximum atomic E-state index is 6.56. The van der Waals surface area contributed by atoms with Crippen LogP contribution in [0.1, 0.15) is 59.3 Å². The van der Waals surface area contributed by atoms with Crippen LogP contribution in [-0.4, -0.2) is 30.6 Å². The van der Waals surface area contributed by atoms with E-state index in [0.717, 1.165) is 11.8 Å². The van der Waals surface area contributed by atoms with Gasteiger partial charge in [0, 0.05) is 11.6 Å². The monoisotopic (exact) mass is 240 g/mol. The Bertz CT molecular complexity index is 217. The van der Waals surface area contributed by atoms with Crippen LogP contribution < -0.4 is 5.73 Å². The third kappa shape index (κ3) is 3.45. The predicted octanol–water partition coefficient (Wildman–Crippen LogP) is 3.26. The van der Waals surface area contributed by atoms with Crippen LogP contribution in [0.25, 0.3) is 0 Å². The zero-order chi connectivity index (χ0) is 13.1. The Morgan fingerprint density at radius 2 is 1.82 bits per heavy atom. The van der Waals surface area contributed by atoms with Crippen molar-refractivity contribution in [1.82, 2.24) is 4.90 Å². The lowest BCUT2D eigenvalue weighted by atomic mass is 9.70. The second kappa shape index (κ2) is 6.19. The highest BCUT2D eigenvalue weighted by molar-refractivity contribution is 5.00. The zero-order valence-corrected chi connectivity index (χ0v) is 12.5. The molecule has 0 spiro atoms. The predicted molar refractivity (Wildman–Crippen MR) is 76.1 cm³/mol. The molecule has 1 saturated carbocycles. The van der Waals surface area contributed by atoms with Crippen LogP contribution in [0.5, 0.6) is 0 Å². The molecule has 1 fully saturated rings. The van der Waals surface area contributed by atoms with Crippen molar-refractivity contribution >= 4 is 0 Å². The largest absolute Gasteiger partial charge is 0.326 e. The number of hydrogen-bond acceptors (Lipinski definition) is 2. The minimum Gasteiger partial charge on any atom is -0.326 e. The molecule has 17 heavy (non-hydrogen) atoms. The summed E-state index contributed by atoms with van der Waals surface area (Å²) in [6.45, 7) is 6.97. The third-order valence-electron chi connectivity index (χ3n) is 5.07. The van der Waals surface area contributed by atoms with E-state index in [1.807, 2.05) is 0 Å². The number of hydrogen-bond donors (Lipinski definition) is 1. The first-order chi connectivity index (χ1) is 7.92. The molecule has 2 N–H and O–H groups in total. The quantitative estimate of drug-likeness (QED) is 0.799. The number of nitrogens with zero attached hydrogens (tertiary/aromatic N) is 1. The lowest BCUT2D eigenvalue weighted by Crippen LogP contribution is -2.59. The Hall–Kier alpha value is -0.0800. The van der Waals surface area contributed by atoms with E-state index in [0.29, 0.717) is 6.04 Å². The van der Waals surface area contributed by atoms with Crippen LogP contribution in [0.2, 0.25) is 0 Å². The van der Waals surface area contributed by atoms with E-state index in [1.165, 1.54) is 38.5 Å². The van der Waals surface area contributed by atoms with Crippen molar-refractivity contribution in [2.24, 2.45) is 17.6 Å². The number of rotatable bonds is 5. The molecule has 1 aliphatic carbocycles. The van der Waals surface area contributed by atoms with E-state index >= 15 is 0 Å². The second-order valence-electron chi connectivity index (χ2n) is 6.54. The maximum Gasteiger partial charge on any atom is 0.0354 e. The average Bonchev–Trinajstić information content (AvgIpc) is 2.29. The van der Waals surface area contributed by atoms with Crippen molar-refractivity contribution in [3.05, 3.63) is 0 Å². The summed E-state index contributed by atoms with van der Waals surface area (Å²) in [5, 5.41) is 0. The fourth-order valence-corrected chi connectivity index (χ4v) is 3.23. The normalized spacial score (nSPS) is 33.7. The molecule has 102 valence electrons. The van der Waals surface area contributed by atoms with Gasteiger partial charge >= 0.3 is 0 Å². The van der Waals surface area contributed by atoms with Crippen LogP contribution in [0.4, 0.5) is 0 Å². The number of nitrogens with two attached hydrogens (primary N) is 1. The molecule has 0 radical (unpaired) electrons. The highest BCUT2D eigenvalue weighted by Gasteiger charge is 2.41. The molecule has 2 heteroatoms. The van der Waals surface area contributed by atoms with Gasteiger partial charge in [-0.1, -0.05) is 27.2 Å². The standard InChI is InChI=1S/C15H32N2/c1-6-12(2)11-14(16)15(17(4)5)9-7-13(3)8-10-15/h12-14H,6-11,16H2,1-5H3. The molecule has 0 amide bonds. The van der Waals surface area contributed by atoms with Gasteiger partial charge in [0.05, 0.1) is 0 Å². The minimum atomic E-state index is 0.260. The Kier molecular flexibility index (Phi) is 5.46. The summed E-state index contributed by atoms with van der Waals surface area (Å²) in [5.41, 5.74) is 6.82. The van der Waals surface area contributed by atoms with E-state index in [4.69, 9.17) is 5.73 Å². The summed E-state index contributed by atoms with van der Waals surface area (Å²) in [5.74, 6) is 1.64. The van der Waals surface area contributed by atoms with Gasteiger partial charge in [0.2, 0.25) is 0 Å². The van der Waals surface area contributed by atoms with Gasteiger partial charge in [-0.2, -0.15) is 0 Å². The molecule has 2 unspecified atom stereocenters. The molecular formula is C15H32N2. The average molecular weight is 240 g/mol. The van der Waals surface area contributed by atoms with Gasteiger partial charge in [0.25, 0.3) is 0 Å².